The van der Waals surface area contributed by atoms with Crippen molar-refractivity contribution in [1.82, 2.24) is 9.62 Å². The lowest BCUT2D eigenvalue weighted by molar-refractivity contribution is 0.0925. The Morgan fingerprint density at radius 3 is 2.37 bits per heavy atom. The maximum absolute atomic E-state index is 12.9. The molecule has 0 unspecified atom stereocenters. The number of nitrogens with one attached hydrogen (secondary N) is 1. The first-order valence-electron chi connectivity index (χ1n) is 9.55. The predicted octanol–water partition coefficient (Wildman–Crippen LogP) is 2.59. The van der Waals surface area contributed by atoms with Gasteiger partial charge in [0.2, 0.25) is 10.0 Å². The van der Waals surface area contributed by atoms with Crippen molar-refractivity contribution in [3.8, 4) is 0 Å². The highest BCUT2D eigenvalue weighted by atomic mass is 35.5. The van der Waals surface area contributed by atoms with Crippen molar-refractivity contribution in [2.45, 2.75) is 68.8 Å². The van der Waals surface area contributed by atoms with Crippen molar-refractivity contribution in [3.05, 3.63) is 29.3 Å². The van der Waals surface area contributed by atoms with Crippen LogP contribution in [0.2, 0.25) is 0 Å². The molecule has 1 amide bonds. The molecule has 0 aromatic heterocycles. The summed E-state index contributed by atoms with van der Waals surface area (Å²) < 4.78 is 27.3. The Hall–Kier alpha value is -1.15. The molecule has 0 radical (unpaired) electrons. The first-order valence-corrected chi connectivity index (χ1v) is 11.0. The number of rotatable bonds is 4. The van der Waals surface area contributed by atoms with Gasteiger partial charge in [0.05, 0.1) is 4.90 Å². The standard InChI is InChI=1S/C19H29N3O3S.ClH/c1-14-5-10-17(26(24,25)22-11-3-2-4-12-22)13-18(14)19(23)21-16-8-6-15(20)7-9-16;/h5,10,13,15-16H,2-4,6-9,11-12,20H2,1H3,(H,21,23);1H. The molecule has 152 valence electrons. The Labute approximate surface area is 168 Å². The molecule has 1 saturated heterocycles. The monoisotopic (exact) mass is 415 g/mol. The third-order valence-corrected chi connectivity index (χ3v) is 7.41. The molecule has 3 rings (SSSR count). The molecular formula is C19H30ClN3O3S. The molecule has 3 N–H and O–H groups in total. The number of nitrogens with two attached hydrogens (primary N) is 1. The maximum Gasteiger partial charge on any atom is 0.251 e. The summed E-state index contributed by atoms with van der Waals surface area (Å²) in [6.07, 6.45) is 6.42. The quantitative estimate of drug-likeness (QED) is 0.790. The van der Waals surface area contributed by atoms with E-state index < -0.39 is 10.0 Å². The second kappa shape index (κ2) is 9.37. The Morgan fingerprint density at radius 2 is 1.74 bits per heavy atom. The highest BCUT2D eigenvalue weighted by Gasteiger charge is 2.27. The van der Waals surface area contributed by atoms with E-state index in [1.54, 1.807) is 12.1 Å². The number of amides is 1. The molecule has 1 aliphatic carbocycles. The highest BCUT2D eigenvalue weighted by Crippen LogP contribution is 2.23. The van der Waals surface area contributed by atoms with Crippen molar-refractivity contribution >= 4 is 28.3 Å². The summed E-state index contributed by atoms with van der Waals surface area (Å²) in [5.74, 6) is -0.196. The van der Waals surface area contributed by atoms with Crippen molar-refractivity contribution in [1.29, 1.82) is 0 Å². The van der Waals surface area contributed by atoms with E-state index in [0.29, 0.717) is 18.7 Å². The van der Waals surface area contributed by atoms with Crippen LogP contribution in [0.5, 0.6) is 0 Å². The van der Waals surface area contributed by atoms with Gasteiger partial charge in [0.1, 0.15) is 0 Å². The second-order valence-electron chi connectivity index (χ2n) is 7.53. The van der Waals surface area contributed by atoms with Crippen molar-refractivity contribution in [3.63, 3.8) is 0 Å². The lowest BCUT2D eigenvalue weighted by Crippen LogP contribution is -2.40. The smallest absolute Gasteiger partial charge is 0.251 e. The molecule has 0 spiro atoms. The number of carbonyl (C=O) groups excluding carboxylic acids is 1. The second-order valence-corrected chi connectivity index (χ2v) is 9.46. The van der Waals surface area contributed by atoms with Crippen LogP contribution in [0.4, 0.5) is 0 Å². The van der Waals surface area contributed by atoms with Crippen LogP contribution in [0.1, 0.15) is 60.9 Å². The Balaban J connectivity index is 0.00000261. The summed E-state index contributed by atoms with van der Waals surface area (Å²) in [5.41, 5.74) is 7.14. The summed E-state index contributed by atoms with van der Waals surface area (Å²) >= 11 is 0. The molecule has 1 aromatic rings. The zero-order valence-corrected chi connectivity index (χ0v) is 17.4. The number of nitrogens with zero attached hydrogens (tertiary/aromatic N) is 1. The molecule has 1 saturated carbocycles. The topological polar surface area (TPSA) is 92.5 Å². The Kier molecular flexibility index (Phi) is 7.68. The van der Waals surface area contributed by atoms with Gasteiger partial charge >= 0.3 is 0 Å². The molecule has 0 bridgehead atoms. The lowest BCUT2D eigenvalue weighted by atomic mass is 9.91. The molecule has 8 heteroatoms. The average Bonchev–Trinajstić information content (AvgIpc) is 2.64. The van der Waals surface area contributed by atoms with Gasteiger partial charge in [-0.15, -0.1) is 12.4 Å². The fourth-order valence-corrected chi connectivity index (χ4v) is 5.33. The molecular weight excluding hydrogens is 386 g/mol. The van der Waals surface area contributed by atoms with Gasteiger partial charge in [-0.25, -0.2) is 8.42 Å². The van der Waals surface area contributed by atoms with Crippen molar-refractivity contribution < 1.29 is 13.2 Å². The van der Waals surface area contributed by atoms with E-state index in [-0.39, 0.29) is 35.3 Å². The van der Waals surface area contributed by atoms with E-state index in [1.807, 2.05) is 6.92 Å². The van der Waals surface area contributed by atoms with Gasteiger partial charge in [-0.3, -0.25) is 4.79 Å². The molecule has 2 aliphatic rings. The van der Waals surface area contributed by atoms with Gasteiger partial charge < -0.3 is 11.1 Å². The summed E-state index contributed by atoms with van der Waals surface area (Å²) in [7, 11) is -3.54. The lowest BCUT2D eigenvalue weighted by Gasteiger charge is -2.27. The van der Waals surface area contributed by atoms with Crippen LogP contribution < -0.4 is 11.1 Å². The summed E-state index contributed by atoms with van der Waals surface area (Å²) in [6, 6.07) is 5.20. The number of piperidine rings is 1. The third-order valence-electron chi connectivity index (χ3n) is 5.51. The zero-order valence-electron chi connectivity index (χ0n) is 15.8. The fourth-order valence-electron chi connectivity index (χ4n) is 3.79. The Morgan fingerprint density at radius 1 is 1.11 bits per heavy atom. The maximum atomic E-state index is 12.9. The van der Waals surface area contributed by atoms with E-state index in [1.165, 1.54) is 10.4 Å². The van der Waals surface area contributed by atoms with Gasteiger partial charge in [-0.1, -0.05) is 12.5 Å². The van der Waals surface area contributed by atoms with Crippen LogP contribution in [0.3, 0.4) is 0 Å². The average molecular weight is 416 g/mol. The molecule has 27 heavy (non-hydrogen) atoms. The fraction of sp³-hybridized carbons (Fsp3) is 0.632. The zero-order chi connectivity index (χ0) is 18.7. The van der Waals surface area contributed by atoms with Crippen molar-refractivity contribution in [2.24, 2.45) is 5.73 Å². The van der Waals surface area contributed by atoms with Gasteiger partial charge in [0.25, 0.3) is 5.91 Å². The summed E-state index contributed by atoms with van der Waals surface area (Å²) in [5, 5.41) is 3.05. The van der Waals surface area contributed by atoms with Crippen LogP contribution in [-0.2, 0) is 10.0 Å². The molecule has 6 nitrogen and oxygen atoms in total. The van der Waals surface area contributed by atoms with E-state index in [2.05, 4.69) is 5.32 Å². The predicted molar refractivity (Wildman–Crippen MR) is 109 cm³/mol. The molecule has 1 aromatic carbocycles. The molecule has 1 heterocycles. The third kappa shape index (κ3) is 5.22. The minimum Gasteiger partial charge on any atom is -0.349 e. The summed E-state index contributed by atoms with van der Waals surface area (Å²) in [4.78, 5) is 12.9. The largest absolute Gasteiger partial charge is 0.349 e. The van der Waals surface area contributed by atoms with E-state index in [4.69, 9.17) is 5.73 Å². The number of aryl methyl sites for hydroxylation is 1. The number of hydrogen-bond acceptors (Lipinski definition) is 4. The van der Waals surface area contributed by atoms with E-state index in [0.717, 1.165) is 50.5 Å². The number of hydrogen-bond donors (Lipinski definition) is 2. The highest BCUT2D eigenvalue weighted by molar-refractivity contribution is 7.89. The van der Waals surface area contributed by atoms with Crippen LogP contribution >= 0.6 is 12.4 Å². The first-order chi connectivity index (χ1) is 12.4. The van der Waals surface area contributed by atoms with Crippen LogP contribution in [-0.4, -0.2) is 43.8 Å². The number of sulfonamides is 1. The summed E-state index contributed by atoms with van der Waals surface area (Å²) in [6.45, 7) is 2.95. The Bertz CT molecular complexity index is 755. The minimum absolute atomic E-state index is 0. The van der Waals surface area contributed by atoms with Crippen molar-refractivity contribution in [2.75, 3.05) is 13.1 Å². The van der Waals surface area contributed by atoms with Gasteiger partial charge in [-0.05, 0) is 63.1 Å². The SMILES string of the molecule is Cc1ccc(S(=O)(=O)N2CCCCC2)cc1C(=O)NC1CCC(N)CC1.Cl. The van der Waals surface area contributed by atoms with Gasteiger partial charge in [-0.2, -0.15) is 4.31 Å². The number of benzene rings is 1. The first kappa shape index (κ1) is 22.1. The number of carbonyl (C=O) groups is 1. The number of halogens is 1. The normalized spacial score (nSPS) is 24.1. The minimum atomic E-state index is -3.54. The van der Waals surface area contributed by atoms with Crippen LogP contribution in [0.15, 0.2) is 23.1 Å². The molecule has 2 fully saturated rings. The molecule has 1 aliphatic heterocycles. The van der Waals surface area contributed by atoms with Crippen LogP contribution in [0, 0.1) is 6.92 Å². The van der Waals surface area contributed by atoms with Gasteiger partial charge in [0.15, 0.2) is 0 Å². The van der Waals surface area contributed by atoms with E-state index >= 15 is 0 Å². The van der Waals surface area contributed by atoms with Crippen LogP contribution in [0.25, 0.3) is 0 Å². The molecule has 0 atom stereocenters. The van der Waals surface area contributed by atoms with Gasteiger partial charge in [0, 0.05) is 30.7 Å². The van der Waals surface area contributed by atoms with E-state index in [9.17, 15) is 13.2 Å².